The van der Waals surface area contributed by atoms with Crippen LogP contribution >= 0.6 is 11.8 Å². The van der Waals surface area contributed by atoms with E-state index in [0.717, 1.165) is 30.0 Å². The molecule has 0 saturated carbocycles. The molecule has 0 spiro atoms. The fourth-order valence-corrected chi connectivity index (χ4v) is 4.70. The van der Waals surface area contributed by atoms with Crippen molar-refractivity contribution in [1.82, 2.24) is 9.80 Å². The zero-order valence-corrected chi connectivity index (χ0v) is 17.8. The molecule has 2 aliphatic heterocycles. The van der Waals surface area contributed by atoms with Gasteiger partial charge in [-0.3, -0.25) is 4.90 Å². The van der Waals surface area contributed by atoms with Crippen molar-refractivity contribution in [2.24, 2.45) is 0 Å². The Kier molecular flexibility index (Phi) is 7.21. The van der Waals surface area contributed by atoms with Gasteiger partial charge in [-0.15, -0.1) is 11.8 Å². The highest BCUT2D eigenvalue weighted by atomic mass is 32.2. The molecule has 3 rings (SSSR count). The number of hydrogen-bond donors (Lipinski definition) is 1. The van der Waals surface area contributed by atoms with Crippen LogP contribution in [0, 0.1) is 5.82 Å². The molecule has 0 amide bonds. The molecule has 1 fully saturated rings. The highest BCUT2D eigenvalue weighted by Gasteiger charge is 2.34. The number of thioether (sulfide) groups is 1. The fraction of sp³-hybridized carbons (Fsp3) is 0.476. The molecule has 158 valence electrons. The lowest BCUT2D eigenvalue weighted by atomic mass is 10.0. The van der Waals surface area contributed by atoms with E-state index >= 15 is 0 Å². The number of aliphatic carboxylic acids is 1. The molecule has 0 aliphatic carbocycles. The maximum absolute atomic E-state index is 14.3. The first kappa shape index (κ1) is 21.7. The zero-order chi connectivity index (χ0) is 21.0. The smallest absolute Gasteiger partial charge is 0.338 e. The lowest BCUT2D eigenvalue weighted by molar-refractivity contribution is -0.132. The van der Waals surface area contributed by atoms with Crippen LogP contribution in [0.3, 0.4) is 0 Å². The Hall–Kier alpha value is -2.03. The third-order valence-electron chi connectivity index (χ3n) is 5.07. The van der Waals surface area contributed by atoms with Gasteiger partial charge in [-0.05, 0) is 42.0 Å². The average molecular weight is 423 g/mol. The molecule has 1 aromatic rings. The Labute approximate surface area is 175 Å². The number of ether oxygens (including phenoxy) is 2. The van der Waals surface area contributed by atoms with E-state index in [2.05, 4.69) is 9.80 Å². The van der Waals surface area contributed by atoms with Crippen LogP contribution in [0.5, 0.6) is 5.75 Å². The van der Waals surface area contributed by atoms with E-state index in [1.54, 1.807) is 6.07 Å². The van der Waals surface area contributed by atoms with Crippen LogP contribution in [0.25, 0.3) is 0 Å². The molecule has 1 atom stereocenters. The first-order valence-corrected chi connectivity index (χ1v) is 10.6. The Morgan fingerprint density at radius 1 is 1.38 bits per heavy atom. The van der Waals surface area contributed by atoms with Gasteiger partial charge in [0.2, 0.25) is 0 Å². The van der Waals surface area contributed by atoms with Gasteiger partial charge in [-0.1, -0.05) is 13.0 Å². The number of halogens is 1. The van der Waals surface area contributed by atoms with E-state index in [-0.39, 0.29) is 11.9 Å². The minimum Gasteiger partial charge on any atom is -0.494 e. The summed E-state index contributed by atoms with van der Waals surface area (Å²) in [7, 11) is 1.43. The van der Waals surface area contributed by atoms with Crippen LogP contribution in [0.15, 0.2) is 40.5 Å². The van der Waals surface area contributed by atoms with Crippen LogP contribution in [0.1, 0.15) is 19.4 Å². The zero-order valence-electron chi connectivity index (χ0n) is 17.0. The predicted molar refractivity (Wildman–Crippen MR) is 111 cm³/mol. The minimum absolute atomic E-state index is 0.110. The Bertz CT molecular complexity index is 821. The van der Waals surface area contributed by atoms with Gasteiger partial charge in [0.25, 0.3) is 0 Å². The number of rotatable bonds is 7. The second-order valence-corrected chi connectivity index (χ2v) is 8.18. The molecule has 6 nitrogen and oxygen atoms in total. The highest BCUT2D eigenvalue weighted by Crippen LogP contribution is 2.37. The van der Waals surface area contributed by atoms with E-state index in [1.165, 1.54) is 24.9 Å². The second-order valence-electron chi connectivity index (χ2n) is 6.93. The molecule has 1 aromatic carbocycles. The summed E-state index contributed by atoms with van der Waals surface area (Å²) in [6.07, 6.45) is 1.88. The van der Waals surface area contributed by atoms with Gasteiger partial charge < -0.3 is 19.5 Å². The van der Waals surface area contributed by atoms with Gasteiger partial charge in [0.15, 0.2) is 11.6 Å². The van der Waals surface area contributed by atoms with E-state index in [1.807, 2.05) is 26.0 Å². The molecule has 2 aliphatic rings. The Morgan fingerprint density at radius 3 is 2.69 bits per heavy atom. The molecule has 1 N–H and O–H groups in total. The van der Waals surface area contributed by atoms with Crippen molar-refractivity contribution < 1.29 is 23.8 Å². The summed E-state index contributed by atoms with van der Waals surface area (Å²) >= 11 is 1.51. The summed E-state index contributed by atoms with van der Waals surface area (Å²) in [5.41, 5.74) is 1.82. The van der Waals surface area contributed by atoms with Gasteiger partial charge in [-0.2, -0.15) is 0 Å². The lowest BCUT2D eigenvalue weighted by Gasteiger charge is -2.44. The maximum Gasteiger partial charge on any atom is 0.338 e. The standard InChI is InChI=1S/C21H27FN2O4S/c1-4-29-20-19(21(25)26)14(2)11-18(23-7-9-28-10-8-23)24(20)13-15-5-6-17(27-3)16(22)12-15/h5-6,11-12,18H,4,7-10,13H2,1-3H3,(H,25,26). The number of nitrogens with zero attached hydrogens (tertiary/aromatic N) is 2. The molecule has 1 saturated heterocycles. The monoisotopic (exact) mass is 422 g/mol. The first-order chi connectivity index (χ1) is 14.0. The largest absolute Gasteiger partial charge is 0.494 e. The quantitative estimate of drug-likeness (QED) is 0.723. The Morgan fingerprint density at radius 2 is 2.10 bits per heavy atom. The SMILES string of the molecule is CCSC1=C(C(=O)O)C(C)=CC(N2CCOCC2)N1Cc1ccc(OC)c(F)c1. The second kappa shape index (κ2) is 9.65. The van der Waals surface area contributed by atoms with E-state index < -0.39 is 11.8 Å². The van der Waals surface area contributed by atoms with Gasteiger partial charge in [0, 0.05) is 19.6 Å². The molecule has 29 heavy (non-hydrogen) atoms. The molecule has 0 radical (unpaired) electrons. The van der Waals surface area contributed by atoms with Crippen LogP contribution in [-0.2, 0) is 16.1 Å². The summed E-state index contributed by atoms with van der Waals surface area (Å²) in [4.78, 5) is 16.4. The fourth-order valence-electron chi connectivity index (χ4n) is 3.70. The van der Waals surface area contributed by atoms with Crippen LogP contribution < -0.4 is 4.74 Å². The Balaban J connectivity index is 2.01. The number of carbonyl (C=O) groups is 1. The van der Waals surface area contributed by atoms with Gasteiger partial charge in [0.05, 0.1) is 30.9 Å². The third-order valence-corrected chi connectivity index (χ3v) is 6.07. The first-order valence-electron chi connectivity index (χ1n) is 9.66. The number of hydrogen-bond acceptors (Lipinski definition) is 6. The van der Waals surface area contributed by atoms with E-state index in [0.29, 0.717) is 30.4 Å². The number of methoxy groups -OCH3 is 1. The summed E-state index contributed by atoms with van der Waals surface area (Å²) in [6, 6.07) is 4.88. The molecule has 8 heteroatoms. The number of carboxylic acids is 1. The third kappa shape index (κ3) is 4.76. The van der Waals surface area contributed by atoms with Crippen molar-refractivity contribution in [1.29, 1.82) is 0 Å². The molecule has 2 heterocycles. The minimum atomic E-state index is -0.943. The summed E-state index contributed by atoms with van der Waals surface area (Å²) < 4.78 is 24.8. The van der Waals surface area contributed by atoms with Crippen LogP contribution in [-0.4, -0.2) is 66.2 Å². The van der Waals surface area contributed by atoms with Crippen LogP contribution in [0.4, 0.5) is 4.39 Å². The molecular weight excluding hydrogens is 395 g/mol. The van der Waals surface area contributed by atoms with Gasteiger partial charge in [-0.25, -0.2) is 9.18 Å². The van der Waals surface area contributed by atoms with Crippen LogP contribution in [0.2, 0.25) is 0 Å². The van der Waals surface area contributed by atoms with Crippen molar-refractivity contribution in [2.45, 2.75) is 26.6 Å². The summed E-state index contributed by atoms with van der Waals surface area (Å²) in [5, 5.41) is 10.6. The average Bonchev–Trinajstić information content (AvgIpc) is 2.70. The van der Waals surface area contributed by atoms with E-state index in [4.69, 9.17) is 9.47 Å². The van der Waals surface area contributed by atoms with Crippen molar-refractivity contribution in [3.05, 3.63) is 51.8 Å². The van der Waals surface area contributed by atoms with Gasteiger partial charge >= 0.3 is 5.97 Å². The van der Waals surface area contributed by atoms with Crippen molar-refractivity contribution in [2.75, 3.05) is 39.2 Å². The van der Waals surface area contributed by atoms with Crippen molar-refractivity contribution in [3.63, 3.8) is 0 Å². The van der Waals surface area contributed by atoms with Crippen molar-refractivity contribution in [3.8, 4) is 5.75 Å². The number of benzene rings is 1. The maximum atomic E-state index is 14.3. The van der Waals surface area contributed by atoms with Crippen molar-refractivity contribution >= 4 is 17.7 Å². The molecule has 0 aromatic heterocycles. The topological polar surface area (TPSA) is 62.2 Å². The predicted octanol–water partition coefficient (Wildman–Crippen LogP) is 3.30. The van der Waals surface area contributed by atoms with E-state index in [9.17, 15) is 14.3 Å². The molecule has 1 unspecified atom stereocenters. The molecular formula is C21H27FN2O4S. The lowest BCUT2D eigenvalue weighted by Crippen LogP contribution is -2.52. The highest BCUT2D eigenvalue weighted by molar-refractivity contribution is 8.03. The molecule has 0 bridgehead atoms. The number of carboxylic acid groups (broad SMARTS) is 1. The normalized spacial score (nSPS) is 20.6. The summed E-state index contributed by atoms with van der Waals surface area (Å²) in [6.45, 7) is 7.03. The number of morpholine rings is 1. The summed E-state index contributed by atoms with van der Waals surface area (Å²) in [5.74, 6) is -0.439. The van der Waals surface area contributed by atoms with Gasteiger partial charge in [0.1, 0.15) is 6.17 Å².